The van der Waals surface area contributed by atoms with Crippen LogP contribution in [0.15, 0.2) is 0 Å². The summed E-state index contributed by atoms with van der Waals surface area (Å²) in [6.45, 7) is 10.5. The Balaban J connectivity index is 2.37. The zero-order valence-corrected chi connectivity index (χ0v) is 13.2. The molecule has 20 heavy (non-hydrogen) atoms. The molecule has 5 heteroatoms. The minimum Gasteiger partial charge on any atom is -0.480 e. The van der Waals surface area contributed by atoms with Crippen LogP contribution in [-0.4, -0.2) is 60.4 Å². The number of nitrogens with zero attached hydrogens (tertiary/aromatic N) is 1. The molecule has 0 saturated carbocycles. The lowest BCUT2D eigenvalue weighted by Crippen LogP contribution is -2.50. The highest BCUT2D eigenvalue weighted by molar-refractivity contribution is 5.78. The number of nitrogens with one attached hydrogen (secondary N) is 1. The maximum Gasteiger partial charge on any atom is 0.323 e. The molecule has 1 fully saturated rings. The van der Waals surface area contributed by atoms with Gasteiger partial charge in [-0.05, 0) is 52.6 Å². The van der Waals surface area contributed by atoms with Crippen LogP contribution in [0.2, 0.25) is 0 Å². The van der Waals surface area contributed by atoms with Crippen molar-refractivity contribution in [2.24, 2.45) is 0 Å². The normalized spacial score (nSPS) is 24.1. The Morgan fingerprint density at radius 2 is 2.30 bits per heavy atom. The van der Waals surface area contributed by atoms with Gasteiger partial charge in [-0.15, -0.1) is 0 Å². The maximum atomic E-state index is 11.4. The molecule has 5 nitrogen and oxygen atoms in total. The van der Waals surface area contributed by atoms with Crippen LogP contribution in [0.25, 0.3) is 0 Å². The summed E-state index contributed by atoms with van der Waals surface area (Å²) in [5.74, 6) is -0.751. The van der Waals surface area contributed by atoms with E-state index in [2.05, 4.69) is 17.1 Å². The standard InChI is InChI=1S/C15H30N2O3/c1-4-8-16-15(3,14(18)19)7-5-9-17-10-6-11-20-13(2)12-17/h13,16H,4-12H2,1-3H3,(H,18,19). The minimum absolute atomic E-state index is 0.279. The first kappa shape index (κ1) is 17.4. The van der Waals surface area contributed by atoms with Crippen molar-refractivity contribution in [3.8, 4) is 0 Å². The van der Waals surface area contributed by atoms with Crippen molar-refractivity contribution in [2.45, 2.75) is 58.1 Å². The van der Waals surface area contributed by atoms with Gasteiger partial charge in [0.05, 0.1) is 6.10 Å². The molecule has 0 amide bonds. The van der Waals surface area contributed by atoms with Crippen LogP contribution >= 0.6 is 0 Å². The van der Waals surface area contributed by atoms with Crippen molar-refractivity contribution in [3.63, 3.8) is 0 Å². The van der Waals surface area contributed by atoms with Crippen LogP contribution in [0.1, 0.15) is 46.5 Å². The third-order valence-corrected chi connectivity index (χ3v) is 3.92. The Bertz CT molecular complexity index is 299. The fraction of sp³-hybridized carbons (Fsp3) is 0.933. The average molecular weight is 286 g/mol. The summed E-state index contributed by atoms with van der Waals surface area (Å²) >= 11 is 0. The molecule has 2 unspecified atom stereocenters. The van der Waals surface area contributed by atoms with Gasteiger partial charge in [-0.2, -0.15) is 0 Å². The van der Waals surface area contributed by atoms with Gasteiger partial charge in [0.2, 0.25) is 0 Å². The first-order valence-electron chi connectivity index (χ1n) is 7.80. The lowest BCUT2D eigenvalue weighted by molar-refractivity contribution is -0.144. The van der Waals surface area contributed by atoms with E-state index in [9.17, 15) is 9.90 Å². The summed E-state index contributed by atoms with van der Waals surface area (Å²) in [5.41, 5.74) is -0.802. The third-order valence-electron chi connectivity index (χ3n) is 3.92. The van der Waals surface area contributed by atoms with Crippen LogP contribution in [0.3, 0.4) is 0 Å². The van der Waals surface area contributed by atoms with E-state index in [4.69, 9.17) is 4.74 Å². The number of hydrogen-bond donors (Lipinski definition) is 2. The van der Waals surface area contributed by atoms with Crippen LogP contribution in [0.4, 0.5) is 0 Å². The van der Waals surface area contributed by atoms with Crippen molar-refractivity contribution in [3.05, 3.63) is 0 Å². The Labute approximate surface area is 122 Å². The van der Waals surface area contributed by atoms with E-state index >= 15 is 0 Å². The van der Waals surface area contributed by atoms with Crippen LogP contribution in [0, 0.1) is 0 Å². The summed E-state index contributed by atoms with van der Waals surface area (Å²) in [4.78, 5) is 13.8. The predicted octanol–water partition coefficient (Wildman–Crippen LogP) is 1.72. The second kappa shape index (κ2) is 8.60. The molecule has 0 aliphatic carbocycles. The molecule has 1 aliphatic heterocycles. The Morgan fingerprint density at radius 1 is 1.55 bits per heavy atom. The average Bonchev–Trinajstić information content (AvgIpc) is 2.60. The van der Waals surface area contributed by atoms with Crippen molar-refractivity contribution in [1.82, 2.24) is 10.2 Å². The van der Waals surface area contributed by atoms with Crippen molar-refractivity contribution >= 4 is 5.97 Å². The van der Waals surface area contributed by atoms with Crippen molar-refractivity contribution < 1.29 is 14.6 Å². The Morgan fingerprint density at radius 3 is 2.95 bits per heavy atom. The molecule has 2 atom stereocenters. The predicted molar refractivity (Wildman–Crippen MR) is 80.0 cm³/mol. The van der Waals surface area contributed by atoms with E-state index in [1.165, 1.54) is 0 Å². The summed E-state index contributed by atoms with van der Waals surface area (Å²) in [7, 11) is 0. The van der Waals surface area contributed by atoms with Crippen molar-refractivity contribution in [2.75, 3.05) is 32.8 Å². The van der Waals surface area contributed by atoms with Gasteiger partial charge in [-0.1, -0.05) is 6.92 Å². The second-order valence-electron chi connectivity index (χ2n) is 6.00. The number of carbonyl (C=O) groups is 1. The highest BCUT2D eigenvalue weighted by Gasteiger charge is 2.31. The highest BCUT2D eigenvalue weighted by Crippen LogP contribution is 2.15. The highest BCUT2D eigenvalue weighted by atomic mass is 16.5. The summed E-state index contributed by atoms with van der Waals surface area (Å²) in [6, 6.07) is 0. The number of ether oxygens (including phenoxy) is 1. The van der Waals surface area contributed by atoms with Gasteiger partial charge in [0.1, 0.15) is 5.54 Å². The fourth-order valence-electron chi connectivity index (χ4n) is 2.61. The van der Waals surface area contributed by atoms with Crippen LogP contribution < -0.4 is 5.32 Å². The number of hydrogen-bond acceptors (Lipinski definition) is 4. The number of carboxylic acids is 1. The van der Waals surface area contributed by atoms with E-state index in [0.717, 1.165) is 52.0 Å². The number of carboxylic acid groups (broad SMARTS) is 1. The van der Waals surface area contributed by atoms with E-state index in [1.807, 2.05) is 6.92 Å². The molecule has 1 rings (SSSR count). The molecular weight excluding hydrogens is 256 g/mol. The van der Waals surface area contributed by atoms with Gasteiger partial charge in [0, 0.05) is 19.7 Å². The number of aliphatic carboxylic acids is 1. The monoisotopic (exact) mass is 286 g/mol. The van der Waals surface area contributed by atoms with E-state index in [0.29, 0.717) is 6.42 Å². The lowest BCUT2D eigenvalue weighted by Gasteiger charge is -2.28. The third kappa shape index (κ3) is 5.77. The van der Waals surface area contributed by atoms with Gasteiger partial charge in [-0.3, -0.25) is 4.79 Å². The summed E-state index contributed by atoms with van der Waals surface area (Å²) in [5, 5.41) is 12.5. The summed E-state index contributed by atoms with van der Waals surface area (Å²) < 4.78 is 5.62. The van der Waals surface area contributed by atoms with Crippen LogP contribution in [-0.2, 0) is 9.53 Å². The zero-order chi connectivity index (χ0) is 15.0. The SMILES string of the molecule is CCCNC(C)(CCCN1CCCOC(C)C1)C(=O)O. The molecular formula is C15H30N2O3. The van der Waals surface area contributed by atoms with Gasteiger partial charge < -0.3 is 20.1 Å². The summed E-state index contributed by atoms with van der Waals surface area (Å²) in [6.07, 6.45) is 3.85. The molecule has 0 spiro atoms. The van der Waals surface area contributed by atoms with Crippen molar-refractivity contribution in [1.29, 1.82) is 0 Å². The molecule has 0 aromatic carbocycles. The Kier molecular flexibility index (Phi) is 7.48. The van der Waals surface area contributed by atoms with E-state index in [1.54, 1.807) is 6.92 Å². The first-order valence-corrected chi connectivity index (χ1v) is 7.80. The van der Waals surface area contributed by atoms with E-state index < -0.39 is 11.5 Å². The smallest absolute Gasteiger partial charge is 0.323 e. The molecule has 0 aromatic heterocycles. The number of rotatable bonds is 8. The Hall–Kier alpha value is -0.650. The molecule has 1 saturated heterocycles. The largest absolute Gasteiger partial charge is 0.480 e. The molecule has 1 heterocycles. The molecule has 0 bridgehead atoms. The first-order chi connectivity index (χ1) is 9.48. The van der Waals surface area contributed by atoms with Gasteiger partial charge in [0.15, 0.2) is 0 Å². The van der Waals surface area contributed by atoms with Gasteiger partial charge in [0.25, 0.3) is 0 Å². The minimum atomic E-state index is -0.802. The molecule has 0 radical (unpaired) electrons. The fourth-order valence-corrected chi connectivity index (χ4v) is 2.61. The maximum absolute atomic E-state index is 11.4. The second-order valence-corrected chi connectivity index (χ2v) is 6.00. The molecule has 0 aromatic rings. The molecule has 2 N–H and O–H groups in total. The quantitative estimate of drug-likeness (QED) is 0.711. The van der Waals surface area contributed by atoms with E-state index in [-0.39, 0.29) is 6.10 Å². The van der Waals surface area contributed by atoms with Crippen LogP contribution in [0.5, 0.6) is 0 Å². The lowest BCUT2D eigenvalue weighted by atomic mass is 9.95. The zero-order valence-electron chi connectivity index (χ0n) is 13.2. The topological polar surface area (TPSA) is 61.8 Å². The van der Waals surface area contributed by atoms with Gasteiger partial charge in [-0.25, -0.2) is 0 Å². The molecule has 1 aliphatic rings. The molecule has 118 valence electrons. The van der Waals surface area contributed by atoms with Gasteiger partial charge >= 0.3 is 5.97 Å².